The number of allylic oxidation sites excluding steroid dienone is 1. The highest BCUT2D eigenvalue weighted by Crippen LogP contribution is 2.53. The summed E-state index contributed by atoms with van der Waals surface area (Å²) in [4.78, 5) is 22.6. The molecular formula is C35H40O5. The molecule has 4 rings (SSSR count). The predicted molar refractivity (Wildman–Crippen MR) is 159 cm³/mol. The van der Waals surface area contributed by atoms with Crippen molar-refractivity contribution in [2.75, 3.05) is 6.61 Å². The van der Waals surface area contributed by atoms with Gasteiger partial charge in [-0.2, -0.15) is 0 Å². The van der Waals surface area contributed by atoms with Crippen LogP contribution < -0.4 is 4.74 Å². The number of hydrogen-bond acceptors (Lipinski definition) is 3. The van der Waals surface area contributed by atoms with Crippen molar-refractivity contribution in [1.29, 1.82) is 0 Å². The normalized spacial score (nSPS) is 14.6. The van der Waals surface area contributed by atoms with E-state index < -0.39 is 11.9 Å². The van der Waals surface area contributed by atoms with Crippen molar-refractivity contribution in [2.24, 2.45) is 11.3 Å². The summed E-state index contributed by atoms with van der Waals surface area (Å²) >= 11 is 0. The number of carboxylic acids is 2. The Hall–Kier alpha value is -3.86. The number of ether oxygens (including phenoxy) is 1. The van der Waals surface area contributed by atoms with Crippen molar-refractivity contribution in [2.45, 2.75) is 64.2 Å². The van der Waals surface area contributed by atoms with Crippen LogP contribution >= 0.6 is 0 Å². The van der Waals surface area contributed by atoms with Crippen LogP contribution in [0, 0.1) is 11.3 Å². The third kappa shape index (κ3) is 9.41. The first kappa shape index (κ1) is 29.1. The van der Waals surface area contributed by atoms with Gasteiger partial charge in [-0.15, -0.1) is 0 Å². The average Bonchev–Trinajstić information content (AvgIpc) is 3.72. The van der Waals surface area contributed by atoms with Crippen molar-refractivity contribution in [3.63, 3.8) is 0 Å². The van der Waals surface area contributed by atoms with Crippen LogP contribution in [0.5, 0.6) is 5.75 Å². The van der Waals surface area contributed by atoms with Gasteiger partial charge in [0.25, 0.3) is 0 Å². The summed E-state index contributed by atoms with van der Waals surface area (Å²) in [5.74, 6) is -0.580. The van der Waals surface area contributed by atoms with Crippen molar-refractivity contribution < 1.29 is 24.5 Å². The second-order valence-corrected chi connectivity index (χ2v) is 11.1. The molecule has 1 saturated carbocycles. The Morgan fingerprint density at radius 1 is 0.850 bits per heavy atom. The fourth-order valence-corrected chi connectivity index (χ4v) is 5.28. The van der Waals surface area contributed by atoms with Gasteiger partial charge in [0, 0.05) is 5.56 Å². The minimum atomic E-state index is -0.930. The average molecular weight is 541 g/mol. The van der Waals surface area contributed by atoms with Crippen molar-refractivity contribution in [3.05, 3.63) is 107 Å². The largest absolute Gasteiger partial charge is 0.493 e. The first-order valence-corrected chi connectivity index (χ1v) is 14.4. The van der Waals surface area contributed by atoms with E-state index in [4.69, 9.17) is 4.74 Å². The van der Waals surface area contributed by atoms with Gasteiger partial charge in [0.05, 0.1) is 18.6 Å². The molecule has 0 spiro atoms. The van der Waals surface area contributed by atoms with E-state index in [-0.39, 0.29) is 23.3 Å². The number of unbranched alkanes of at least 4 members (excludes halogenated alkanes) is 2. The topological polar surface area (TPSA) is 83.8 Å². The Bertz CT molecular complexity index is 1260. The molecule has 5 nitrogen and oxygen atoms in total. The molecule has 0 heterocycles. The lowest BCUT2D eigenvalue weighted by Crippen LogP contribution is -2.11. The van der Waals surface area contributed by atoms with Gasteiger partial charge in [-0.1, -0.05) is 72.8 Å². The summed E-state index contributed by atoms with van der Waals surface area (Å²) in [6.45, 7) is 0.677. The summed E-state index contributed by atoms with van der Waals surface area (Å²) in [7, 11) is 0. The molecule has 0 aliphatic heterocycles. The first-order chi connectivity index (χ1) is 19.4. The molecule has 1 aliphatic carbocycles. The van der Waals surface area contributed by atoms with Crippen molar-refractivity contribution >= 4 is 18.0 Å². The third-order valence-corrected chi connectivity index (χ3v) is 7.90. The second-order valence-electron chi connectivity index (χ2n) is 11.1. The molecule has 1 unspecified atom stereocenters. The molecule has 210 valence electrons. The van der Waals surface area contributed by atoms with Crippen LogP contribution in [-0.2, 0) is 17.6 Å². The fraction of sp³-hybridized carbons (Fsp3) is 0.371. The smallest absolute Gasteiger partial charge is 0.335 e. The number of aromatic carboxylic acids is 1. The highest BCUT2D eigenvalue weighted by molar-refractivity contribution is 5.87. The van der Waals surface area contributed by atoms with Crippen LogP contribution in [-0.4, -0.2) is 28.8 Å². The van der Waals surface area contributed by atoms with Gasteiger partial charge in [0.15, 0.2) is 0 Å². The summed E-state index contributed by atoms with van der Waals surface area (Å²) in [6.07, 6.45) is 13.4. The maximum Gasteiger partial charge on any atom is 0.335 e. The number of benzene rings is 3. The van der Waals surface area contributed by atoms with Gasteiger partial charge in [-0.05, 0) is 98.4 Å². The van der Waals surface area contributed by atoms with Crippen LogP contribution in [0.4, 0.5) is 0 Å². The highest BCUT2D eigenvalue weighted by atomic mass is 16.5. The molecule has 0 bridgehead atoms. The predicted octanol–water partition coefficient (Wildman–Crippen LogP) is 8.08. The lowest BCUT2D eigenvalue weighted by molar-refractivity contribution is -0.138. The Kier molecular flexibility index (Phi) is 10.6. The van der Waals surface area contributed by atoms with Gasteiger partial charge in [-0.25, -0.2) is 4.79 Å². The molecular weight excluding hydrogens is 500 g/mol. The first-order valence-electron chi connectivity index (χ1n) is 14.4. The minimum Gasteiger partial charge on any atom is -0.493 e. The zero-order valence-corrected chi connectivity index (χ0v) is 23.1. The Morgan fingerprint density at radius 2 is 1.57 bits per heavy atom. The van der Waals surface area contributed by atoms with E-state index in [0.29, 0.717) is 6.61 Å². The zero-order valence-electron chi connectivity index (χ0n) is 23.1. The van der Waals surface area contributed by atoms with Gasteiger partial charge in [-0.3, -0.25) is 4.79 Å². The molecule has 5 heteroatoms. The van der Waals surface area contributed by atoms with E-state index in [2.05, 4.69) is 42.5 Å². The van der Waals surface area contributed by atoms with E-state index in [1.54, 1.807) is 12.1 Å². The fourth-order valence-electron chi connectivity index (χ4n) is 5.28. The van der Waals surface area contributed by atoms with E-state index in [1.165, 1.54) is 5.56 Å². The summed E-state index contributed by atoms with van der Waals surface area (Å²) in [5.41, 5.74) is 3.70. The Morgan fingerprint density at radius 3 is 2.27 bits per heavy atom. The van der Waals surface area contributed by atoms with Crippen LogP contribution in [0.25, 0.3) is 6.08 Å². The minimum absolute atomic E-state index is 0.0629. The molecule has 1 fully saturated rings. The number of carbonyl (C=O) groups is 2. The number of carboxylic acid groups (broad SMARTS) is 2. The summed E-state index contributed by atoms with van der Waals surface area (Å²) in [6, 6.07) is 25.7. The van der Waals surface area contributed by atoms with Crippen molar-refractivity contribution in [1.82, 2.24) is 0 Å². The summed E-state index contributed by atoms with van der Waals surface area (Å²) < 4.78 is 6.17. The second kappa shape index (κ2) is 14.5. The Balaban J connectivity index is 1.35. The molecule has 3 aromatic rings. The molecule has 1 aliphatic rings. The molecule has 0 saturated heterocycles. The van der Waals surface area contributed by atoms with Crippen molar-refractivity contribution in [3.8, 4) is 5.75 Å². The Labute approximate surface area is 237 Å². The SMILES string of the molecule is O=C(O)CC1(CCC(/C=C/c2ccccc2OCCCCCc2ccccc2)Cc2ccc(C(=O)O)cc2)CC1. The highest BCUT2D eigenvalue weighted by Gasteiger charge is 2.43. The monoisotopic (exact) mass is 540 g/mol. The number of hydrogen-bond donors (Lipinski definition) is 2. The molecule has 1 atom stereocenters. The van der Waals surface area contributed by atoms with Gasteiger partial charge in [0.2, 0.25) is 0 Å². The standard InChI is InChI=1S/C35H40O5/c36-33(37)26-35(22-23-35)21-20-29(25-28-15-18-31(19-16-28)34(38)39)14-17-30-12-6-7-13-32(30)40-24-8-2-5-11-27-9-3-1-4-10-27/h1,3-4,6-7,9-10,12-19,29H,2,5,8,11,20-26H2,(H,36,37)(H,38,39)/b17-14+. The van der Waals surface area contributed by atoms with Gasteiger partial charge in [0.1, 0.15) is 5.75 Å². The lowest BCUT2D eigenvalue weighted by atomic mass is 9.87. The number of aliphatic carboxylic acids is 1. The molecule has 40 heavy (non-hydrogen) atoms. The maximum atomic E-state index is 11.4. The van der Waals surface area contributed by atoms with Gasteiger partial charge < -0.3 is 14.9 Å². The van der Waals surface area contributed by atoms with Gasteiger partial charge >= 0.3 is 11.9 Å². The summed E-state index contributed by atoms with van der Waals surface area (Å²) in [5, 5.41) is 18.6. The molecule has 3 aromatic carbocycles. The quantitative estimate of drug-likeness (QED) is 0.169. The van der Waals surface area contributed by atoms with Crippen LogP contribution in [0.1, 0.15) is 78.4 Å². The molecule has 2 N–H and O–H groups in total. The van der Waals surface area contributed by atoms with Crippen LogP contribution in [0.3, 0.4) is 0 Å². The number of rotatable bonds is 17. The number of aryl methyl sites for hydroxylation is 1. The van der Waals surface area contributed by atoms with Crippen LogP contribution in [0.15, 0.2) is 84.9 Å². The third-order valence-electron chi connectivity index (χ3n) is 7.90. The van der Waals surface area contributed by atoms with E-state index in [9.17, 15) is 19.8 Å². The molecule has 0 radical (unpaired) electrons. The zero-order chi connectivity index (χ0) is 28.2. The number of para-hydroxylation sites is 1. The maximum absolute atomic E-state index is 11.4. The van der Waals surface area contributed by atoms with E-state index >= 15 is 0 Å². The molecule has 0 aromatic heterocycles. The van der Waals surface area contributed by atoms with E-state index in [1.807, 2.05) is 36.4 Å². The van der Waals surface area contributed by atoms with E-state index in [0.717, 1.165) is 74.7 Å². The van der Waals surface area contributed by atoms with Crippen LogP contribution in [0.2, 0.25) is 0 Å². The lowest BCUT2D eigenvalue weighted by Gasteiger charge is -2.18. The molecule has 0 amide bonds.